The minimum absolute atomic E-state index is 0.921. The summed E-state index contributed by atoms with van der Waals surface area (Å²) in [5, 5.41) is 27.9. The predicted octanol–water partition coefficient (Wildman–Crippen LogP) is -6.75. The Morgan fingerprint density at radius 2 is 1.37 bits per heavy atom. The van der Waals surface area contributed by atoms with E-state index in [9.17, 15) is 10.2 Å². The minimum Gasteiger partial charge on any atom is -0.394 e. The summed E-state index contributed by atoms with van der Waals surface area (Å²) in [6.45, 7) is -0.921. The van der Waals surface area contributed by atoms with Gasteiger partial charge in [0.1, 0.15) is 12.2 Å². The van der Waals surface area contributed by atoms with Gasteiger partial charge in [-0.05, 0) is 0 Å². The van der Waals surface area contributed by atoms with Crippen molar-refractivity contribution in [3.8, 4) is 0 Å². The average Bonchev–Trinajstić information content (AvgIpc) is 2.42. The van der Waals surface area contributed by atoms with Crippen LogP contribution in [0.5, 0.6) is 0 Å². The van der Waals surface area contributed by atoms with Crippen LogP contribution in [0, 0.1) is 0 Å². The van der Waals surface area contributed by atoms with Crippen molar-refractivity contribution < 1.29 is 29.8 Å². The van der Waals surface area contributed by atoms with Crippen LogP contribution in [0.15, 0.2) is 0 Å². The molecule has 116 valence electrons. The Hall–Kier alpha value is -0.520. The maximum absolute atomic E-state index is 9.80. The van der Waals surface area contributed by atoms with Gasteiger partial charge in [-0.1, -0.05) is 0 Å². The summed E-state index contributed by atoms with van der Waals surface area (Å²) >= 11 is 0. The van der Waals surface area contributed by atoms with E-state index in [2.05, 4.69) is 14.5 Å². The lowest BCUT2D eigenvalue weighted by Crippen LogP contribution is -2.89. The molecule has 19 heavy (non-hydrogen) atoms. The Kier molecular flexibility index (Phi) is 6.11. The Balaban J connectivity index is 5.74. The van der Waals surface area contributed by atoms with Gasteiger partial charge < -0.3 is 15.3 Å². The molecule has 0 aliphatic rings. The highest BCUT2D eigenvalue weighted by atomic mass is 16.7. The highest BCUT2D eigenvalue weighted by molar-refractivity contribution is 5.08. The van der Waals surface area contributed by atoms with Crippen LogP contribution < -0.4 is 40.6 Å². The molecule has 0 radical (unpaired) electrons. The summed E-state index contributed by atoms with van der Waals surface area (Å²) < 4.78 is 0. The zero-order valence-electron chi connectivity index (χ0n) is 9.97. The molecule has 0 rings (SSSR count). The van der Waals surface area contributed by atoms with Crippen LogP contribution in [-0.2, 0) is 14.5 Å². The van der Waals surface area contributed by atoms with E-state index in [-0.39, 0.29) is 0 Å². The van der Waals surface area contributed by atoms with Crippen LogP contribution in [0.4, 0.5) is 0 Å². The van der Waals surface area contributed by atoms with Gasteiger partial charge >= 0.3 is 0 Å². The molecule has 0 fully saturated rings. The molecule has 0 unspecified atom stereocenters. The molecule has 0 aromatic heterocycles. The summed E-state index contributed by atoms with van der Waals surface area (Å²) in [7, 11) is 0. The van der Waals surface area contributed by atoms with Gasteiger partial charge in [0.25, 0.3) is 0 Å². The lowest BCUT2D eigenvalue weighted by atomic mass is 9.88. The third-order valence-electron chi connectivity index (χ3n) is 2.73. The molecular formula is C6H21N7O6. The van der Waals surface area contributed by atoms with Crippen LogP contribution >= 0.6 is 0 Å². The number of aliphatic hydroxyl groups is 3. The molecule has 0 saturated carbocycles. The van der Waals surface area contributed by atoms with Gasteiger partial charge in [-0.15, -0.1) is 0 Å². The second-order valence-corrected chi connectivity index (χ2v) is 3.87. The van der Waals surface area contributed by atoms with Crippen molar-refractivity contribution in [1.29, 1.82) is 0 Å². The molecule has 0 spiro atoms. The summed E-state index contributed by atoms with van der Waals surface area (Å²) in [5.41, 5.74) is 16.5. The first-order valence-corrected chi connectivity index (χ1v) is 4.84. The van der Waals surface area contributed by atoms with E-state index in [1.807, 2.05) is 0 Å². The van der Waals surface area contributed by atoms with Gasteiger partial charge in [-0.3, -0.25) is 37.4 Å². The second kappa shape index (κ2) is 6.29. The predicted molar refractivity (Wildman–Crippen MR) is 59.9 cm³/mol. The van der Waals surface area contributed by atoms with Crippen LogP contribution in [0.3, 0.4) is 0 Å². The van der Waals surface area contributed by atoms with Gasteiger partial charge in [-0.2, -0.15) is 0 Å². The molecule has 0 saturated heterocycles. The third-order valence-corrected chi connectivity index (χ3v) is 2.73. The molecule has 17 N–H and O–H groups in total. The molecule has 0 aliphatic carbocycles. The molecular weight excluding hydrogens is 266 g/mol. The van der Waals surface area contributed by atoms with Crippen molar-refractivity contribution in [3.05, 3.63) is 0 Å². The van der Waals surface area contributed by atoms with Gasteiger partial charge in [0.2, 0.25) is 17.3 Å². The van der Waals surface area contributed by atoms with E-state index in [0.29, 0.717) is 0 Å². The maximum atomic E-state index is 9.80. The highest BCUT2D eigenvalue weighted by Crippen LogP contribution is 2.29. The van der Waals surface area contributed by atoms with Crippen LogP contribution in [0.25, 0.3) is 0 Å². The van der Waals surface area contributed by atoms with Crippen molar-refractivity contribution in [1.82, 2.24) is 0 Å². The van der Waals surface area contributed by atoms with E-state index in [4.69, 9.17) is 45.7 Å². The largest absolute Gasteiger partial charge is 0.394 e. The Bertz CT molecular complexity index is 295. The molecule has 0 amide bonds. The fourth-order valence-electron chi connectivity index (χ4n) is 1.34. The van der Waals surface area contributed by atoms with Crippen molar-refractivity contribution in [2.24, 2.45) is 40.6 Å². The van der Waals surface area contributed by atoms with E-state index in [0.717, 1.165) is 0 Å². The van der Waals surface area contributed by atoms with Crippen LogP contribution in [0.1, 0.15) is 0 Å². The number of aliphatic hydroxyl groups excluding tert-OH is 3. The summed E-state index contributed by atoms with van der Waals surface area (Å²) in [5.74, 6) is 12.1. The fraction of sp³-hybridized carbons (Fsp3) is 1.00. The summed E-state index contributed by atoms with van der Waals surface area (Å²) in [4.78, 5) is 12.8. The second-order valence-electron chi connectivity index (χ2n) is 3.87. The fourth-order valence-corrected chi connectivity index (χ4v) is 1.34. The summed E-state index contributed by atoms with van der Waals surface area (Å²) in [6, 6.07) is 0. The van der Waals surface area contributed by atoms with Crippen LogP contribution in [0.2, 0.25) is 0 Å². The van der Waals surface area contributed by atoms with Gasteiger partial charge in [-0.25, -0.2) is 17.7 Å². The minimum atomic E-state index is -2.71. The van der Waals surface area contributed by atoms with Crippen molar-refractivity contribution >= 4 is 0 Å². The van der Waals surface area contributed by atoms with Gasteiger partial charge in [0.15, 0.2) is 0 Å². The standard InChI is InChI=1S/C6H21N7O6/c7-4(17-11,3(16)2(15)1-14)5(8,18-12)6(9,10)19-13/h2-3,14-16H,1,7-13H2/t2-,3-,4+,5+/m1/s1. The quantitative estimate of drug-likeness (QED) is 0.147. The Morgan fingerprint density at radius 3 is 1.63 bits per heavy atom. The first-order valence-electron chi connectivity index (χ1n) is 4.84. The third kappa shape index (κ3) is 2.83. The zero-order chi connectivity index (χ0) is 15.5. The summed E-state index contributed by atoms with van der Waals surface area (Å²) in [6.07, 6.45) is -3.95. The van der Waals surface area contributed by atoms with Gasteiger partial charge in [0, 0.05) is 0 Å². The molecule has 13 nitrogen and oxygen atoms in total. The van der Waals surface area contributed by atoms with Gasteiger partial charge in [0.05, 0.1) is 6.61 Å². The number of hydrogen-bond donors (Lipinski definition) is 10. The first-order chi connectivity index (χ1) is 8.57. The maximum Gasteiger partial charge on any atom is 0.242 e. The molecule has 0 aromatic rings. The molecule has 0 heterocycles. The lowest BCUT2D eigenvalue weighted by molar-refractivity contribution is -0.325. The molecule has 0 aliphatic heterocycles. The van der Waals surface area contributed by atoms with Crippen molar-refractivity contribution in [2.75, 3.05) is 6.61 Å². The van der Waals surface area contributed by atoms with Crippen molar-refractivity contribution in [2.45, 2.75) is 29.5 Å². The number of hydrogen-bond acceptors (Lipinski definition) is 13. The van der Waals surface area contributed by atoms with E-state index >= 15 is 0 Å². The monoisotopic (exact) mass is 287 g/mol. The normalized spacial score (nSPS) is 22.4. The lowest BCUT2D eigenvalue weighted by Gasteiger charge is -2.50. The number of rotatable bonds is 8. The molecule has 0 bridgehead atoms. The average molecular weight is 287 g/mol. The van der Waals surface area contributed by atoms with E-state index in [1.54, 1.807) is 0 Å². The van der Waals surface area contributed by atoms with Crippen molar-refractivity contribution in [3.63, 3.8) is 0 Å². The Labute approximate surface area is 108 Å². The Morgan fingerprint density at radius 1 is 0.895 bits per heavy atom. The van der Waals surface area contributed by atoms with E-state index < -0.39 is 36.1 Å². The van der Waals surface area contributed by atoms with E-state index in [1.165, 1.54) is 0 Å². The molecule has 0 aromatic carbocycles. The first kappa shape index (κ1) is 18.5. The number of nitrogens with two attached hydrogens (primary N) is 7. The molecule has 4 atom stereocenters. The highest BCUT2D eigenvalue weighted by Gasteiger charge is 2.65. The topological polar surface area (TPSA) is 271 Å². The van der Waals surface area contributed by atoms with Crippen LogP contribution in [-0.4, -0.2) is 51.4 Å². The zero-order valence-corrected chi connectivity index (χ0v) is 9.97. The molecule has 13 heteroatoms. The SMILES string of the molecule is NOC(N)(N)[C@@](N)(ON)[C@@](N)(ON)[C@H](O)[C@H](O)CO. The smallest absolute Gasteiger partial charge is 0.242 e.